The highest BCUT2D eigenvalue weighted by Gasteiger charge is 2.24. The summed E-state index contributed by atoms with van der Waals surface area (Å²) >= 11 is 3.61. The fraction of sp³-hybridized carbons (Fsp3) is 0.400. The number of benzene rings is 1. The van der Waals surface area contributed by atoms with Crippen molar-refractivity contribution in [3.63, 3.8) is 0 Å². The number of imidazole rings is 1. The van der Waals surface area contributed by atoms with Crippen molar-refractivity contribution in [1.29, 1.82) is 0 Å². The molecule has 0 unspecified atom stereocenters. The number of ketones is 1. The van der Waals surface area contributed by atoms with Crippen molar-refractivity contribution in [3.05, 3.63) is 33.2 Å². The first-order chi connectivity index (χ1) is 15.1. The lowest BCUT2D eigenvalue weighted by Crippen LogP contribution is -2.31. The van der Waals surface area contributed by atoms with Crippen LogP contribution in [0.4, 0.5) is 5.82 Å². The van der Waals surface area contributed by atoms with Gasteiger partial charge in [0.05, 0.1) is 5.75 Å². The van der Waals surface area contributed by atoms with Crippen LogP contribution in [-0.2, 0) is 23.0 Å². The molecule has 32 heavy (non-hydrogen) atoms. The van der Waals surface area contributed by atoms with Gasteiger partial charge < -0.3 is 10.3 Å². The van der Waals surface area contributed by atoms with Crippen LogP contribution in [0.1, 0.15) is 36.2 Å². The van der Waals surface area contributed by atoms with Gasteiger partial charge in [0.25, 0.3) is 0 Å². The molecule has 1 aliphatic rings. The highest BCUT2D eigenvalue weighted by Crippen LogP contribution is 2.37. The van der Waals surface area contributed by atoms with Crippen LogP contribution in [0.3, 0.4) is 0 Å². The number of carbonyl (C=O) groups is 1. The summed E-state index contributed by atoms with van der Waals surface area (Å²) in [5, 5.41) is 0.551. The Morgan fingerprint density at radius 3 is 2.81 bits per heavy atom. The van der Waals surface area contributed by atoms with Crippen LogP contribution < -0.4 is 10.5 Å². The first kappa shape index (κ1) is 23.4. The van der Waals surface area contributed by atoms with E-state index < -0.39 is 10.0 Å². The number of carbonyl (C=O) groups excluding carboxylic acids is 1. The fourth-order valence-corrected chi connectivity index (χ4v) is 6.38. The van der Waals surface area contributed by atoms with Crippen molar-refractivity contribution in [2.45, 2.75) is 43.3 Å². The number of nitrogens with zero attached hydrogens (tertiary/aromatic N) is 4. The van der Waals surface area contributed by atoms with E-state index in [-0.39, 0.29) is 29.8 Å². The minimum Gasteiger partial charge on any atom is -0.382 e. The van der Waals surface area contributed by atoms with Gasteiger partial charge in [-0.15, -0.1) is 0 Å². The third-order valence-electron chi connectivity index (χ3n) is 5.10. The zero-order valence-corrected chi connectivity index (χ0v) is 21.4. The number of nitrogen functional groups attached to an aromatic ring is 1. The monoisotopic (exact) mass is 586 g/mol. The van der Waals surface area contributed by atoms with Gasteiger partial charge in [-0.05, 0) is 52.6 Å². The molecule has 2 aromatic heterocycles. The van der Waals surface area contributed by atoms with Crippen molar-refractivity contribution in [1.82, 2.24) is 24.2 Å². The number of aromatic nitrogens is 4. The number of aryl methyl sites for hydroxylation is 2. The number of hydrogen-bond donors (Lipinski definition) is 2. The quantitative estimate of drug-likeness (QED) is 0.385. The molecule has 0 radical (unpaired) electrons. The molecule has 0 bridgehead atoms. The summed E-state index contributed by atoms with van der Waals surface area (Å²) in [4.78, 5) is 26.0. The summed E-state index contributed by atoms with van der Waals surface area (Å²) in [5.74, 6) is 0.462. The van der Waals surface area contributed by atoms with Gasteiger partial charge in [0.1, 0.15) is 6.33 Å². The molecule has 0 atom stereocenters. The smallest absolute Gasteiger partial charge is 0.213 e. The van der Waals surface area contributed by atoms with E-state index in [9.17, 15) is 13.2 Å². The number of nitrogens with two attached hydrogens (primary N) is 1. The van der Waals surface area contributed by atoms with E-state index in [2.05, 4.69) is 42.3 Å². The number of fused-ring (bicyclic) bond motifs is 2. The normalized spacial score (nSPS) is 13.9. The number of nitrogens with one attached hydrogen (secondary N) is 1. The van der Waals surface area contributed by atoms with Crippen LogP contribution in [0.5, 0.6) is 0 Å². The maximum Gasteiger partial charge on any atom is 0.213 e. The van der Waals surface area contributed by atoms with Crippen LogP contribution in [0, 0.1) is 9.49 Å². The average Bonchev–Trinajstić information content (AvgIpc) is 3.26. The van der Waals surface area contributed by atoms with Crippen molar-refractivity contribution >= 4 is 67.1 Å². The van der Waals surface area contributed by atoms with Crippen LogP contribution in [0.15, 0.2) is 28.5 Å². The van der Waals surface area contributed by atoms with E-state index >= 15 is 0 Å². The van der Waals surface area contributed by atoms with Gasteiger partial charge in [0, 0.05) is 33.5 Å². The molecule has 1 aromatic carbocycles. The average molecular weight is 586 g/mol. The topological polar surface area (TPSA) is 133 Å². The molecule has 0 saturated carbocycles. The Hall–Kier alpha value is -1.77. The van der Waals surface area contributed by atoms with E-state index in [1.54, 1.807) is 4.57 Å². The molecule has 12 heteroatoms. The second kappa shape index (κ2) is 9.23. The molecule has 0 amide bonds. The Balaban J connectivity index is 1.69. The molecule has 0 spiro atoms. The van der Waals surface area contributed by atoms with Crippen LogP contribution in [0.25, 0.3) is 11.2 Å². The summed E-state index contributed by atoms with van der Waals surface area (Å²) in [6.45, 7) is 4.43. The minimum absolute atomic E-state index is 0.123. The summed E-state index contributed by atoms with van der Waals surface area (Å²) in [5.41, 5.74) is 8.72. The van der Waals surface area contributed by atoms with Gasteiger partial charge in [-0.25, -0.2) is 28.1 Å². The molecule has 9 nitrogen and oxygen atoms in total. The van der Waals surface area contributed by atoms with Gasteiger partial charge in [-0.1, -0.05) is 25.6 Å². The standard InChI is InChI=1S/C20H23IN6O3S2/c1-11(2)9-25-32(29,30)6-5-27-19-17(18(22)23-10-24-19)26-20(27)31-16-8-13-12(7-14(16)21)3-4-15(13)28/h7-8,10-11,25H,3-6,9H2,1-2H3,(H2,22,23,24). The number of anilines is 1. The first-order valence-corrected chi connectivity index (χ1v) is 13.7. The van der Waals surface area contributed by atoms with Crippen molar-refractivity contribution in [2.75, 3.05) is 18.0 Å². The summed E-state index contributed by atoms with van der Waals surface area (Å²) in [7, 11) is -3.47. The van der Waals surface area contributed by atoms with E-state index in [1.165, 1.54) is 18.1 Å². The molecule has 0 saturated heterocycles. The maximum atomic E-state index is 12.5. The van der Waals surface area contributed by atoms with Gasteiger partial charge >= 0.3 is 0 Å². The highest BCUT2D eigenvalue weighted by molar-refractivity contribution is 14.1. The Kier molecular flexibility index (Phi) is 6.75. The van der Waals surface area contributed by atoms with E-state index in [4.69, 9.17) is 5.73 Å². The zero-order valence-electron chi connectivity index (χ0n) is 17.6. The Morgan fingerprint density at radius 2 is 2.06 bits per heavy atom. The predicted octanol–water partition coefficient (Wildman–Crippen LogP) is 2.87. The molecule has 170 valence electrons. The molecular formula is C20H23IN6O3S2. The van der Waals surface area contributed by atoms with Gasteiger partial charge in [-0.2, -0.15) is 0 Å². The maximum absolute atomic E-state index is 12.5. The molecule has 3 N–H and O–H groups in total. The van der Waals surface area contributed by atoms with Crippen LogP contribution >= 0.6 is 34.4 Å². The lowest BCUT2D eigenvalue weighted by atomic mass is 10.1. The summed E-state index contributed by atoms with van der Waals surface area (Å²) in [6, 6.07) is 3.93. The molecule has 0 aliphatic heterocycles. The SMILES string of the molecule is CC(C)CNS(=O)(=O)CCn1c(Sc2cc3c(cc2I)CCC3=O)nc2c(N)ncnc21. The first-order valence-electron chi connectivity index (χ1n) is 10.1. The predicted molar refractivity (Wildman–Crippen MR) is 132 cm³/mol. The van der Waals surface area contributed by atoms with Crippen LogP contribution in [0.2, 0.25) is 0 Å². The summed E-state index contributed by atoms with van der Waals surface area (Å²) in [6.07, 6.45) is 2.64. The van der Waals surface area contributed by atoms with Crippen LogP contribution in [-0.4, -0.2) is 46.0 Å². The van der Waals surface area contributed by atoms with Crippen molar-refractivity contribution < 1.29 is 13.2 Å². The number of rotatable bonds is 8. The van der Waals surface area contributed by atoms with Crippen molar-refractivity contribution in [2.24, 2.45) is 5.92 Å². The van der Waals surface area contributed by atoms with E-state index in [0.29, 0.717) is 29.3 Å². The van der Waals surface area contributed by atoms with Gasteiger partial charge in [-0.3, -0.25) is 4.79 Å². The van der Waals surface area contributed by atoms with E-state index in [0.717, 1.165) is 26.0 Å². The second-order valence-electron chi connectivity index (χ2n) is 8.00. The molecule has 2 heterocycles. The zero-order chi connectivity index (χ0) is 23.0. The number of hydrogen-bond acceptors (Lipinski definition) is 8. The summed E-state index contributed by atoms with van der Waals surface area (Å²) < 4.78 is 30.3. The number of halogens is 1. The molecule has 4 rings (SSSR count). The van der Waals surface area contributed by atoms with Gasteiger partial charge in [0.2, 0.25) is 10.0 Å². The Labute approximate surface area is 204 Å². The Morgan fingerprint density at radius 1 is 1.28 bits per heavy atom. The Bertz CT molecular complexity index is 1310. The third kappa shape index (κ3) is 4.92. The number of sulfonamides is 1. The highest BCUT2D eigenvalue weighted by atomic mass is 127. The fourth-order valence-electron chi connectivity index (χ4n) is 3.41. The lowest BCUT2D eigenvalue weighted by Gasteiger charge is -2.12. The third-order valence-corrected chi connectivity index (χ3v) is 8.74. The molecule has 0 fully saturated rings. The molecule has 3 aromatic rings. The minimum atomic E-state index is -3.47. The molecular weight excluding hydrogens is 563 g/mol. The second-order valence-corrected chi connectivity index (χ2v) is 12.1. The lowest BCUT2D eigenvalue weighted by molar-refractivity contribution is 0.0994. The van der Waals surface area contributed by atoms with E-state index in [1.807, 2.05) is 26.0 Å². The molecule has 1 aliphatic carbocycles. The van der Waals surface area contributed by atoms with Gasteiger partial charge in [0.15, 0.2) is 27.9 Å². The van der Waals surface area contributed by atoms with Crippen molar-refractivity contribution in [3.8, 4) is 0 Å². The largest absolute Gasteiger partial charge is 0.382 e. The number of Topliss-reactive ketones (excluding diaryl/α,β-unsaturated/α-hetero) is 1.